The van der Waals surface area contributed by atoms with Gasteiger partial charge in [0.25, 0.3) is 5.91 Å². The summed E-state index contributed by atoms with van der Waals surface area (Å²) >= 11 is 1.46. The molecule has 27 heavy (non-hydrogen) atoms. The molecule has 0 bridgehead atoms. The van der Waals surface area contributed by atoms with Crippen molar-refractivity contribution >= 4 is 28.3 Å². The van der Waals surface area contributed by atoms with Crippen LogP contribution in [-0.4, -0.2) is 57.9 Å². The number of carbonyl (C=O) groups is 2. The summed E-state index contributed by atoms with van der Waals surface area (Å²) < 4.78 is 4.94. The van der Waals surface area contributed by atoms with Gasteiger partial charge in [-0.25, -0.2) is 4.98 Å². The van der Waals surface area contributed by atoms with Gasteiger partial charge in [-0.05, 0) is 26.2 Å². The molecule has 9 heteroatoms. The second-order valence-electron chi connectivity index (χ2n) is 7.07. The Labute approximate surface area is 161 Å². The minimum atomic E-state index is -0.324. The van der Waals surface area contributed by atoms with E-state index in [0.717, 1.165) is 49.5 Å². The van der Waals surface area contributed by atoms with E-state index in [1.807, 2.05) is 4.90 Å². The van der Waals surface area contributed by atoms with Gasteiger partial charge in [-0.15, -0.1) is 11.3 Å². The van der Waals surface area contributed by atoms with Gasteiger partial charge >= 0.3 is 0 Å². The van der Waals surface area contributed by atoms with Gasteiger partial charge in [0.1, 0.15) is 5.76 Å². The van der Waals surface area contributed by atoms with Crippen molar-refractivity contribution in [3.63, 3.8) is 0 Å². The summed E-state index contributed by atoms with van der Waals surface area (Å²) in [6.45, 7) is 5.48. The highest BCUT2D eigenvalue weighted by molar-refractivity contribution is 7.15. The molecule has 2 aromatic heterocycles. The maximum atomic E-state index is 12.5. The number of aryl methyl sites for hydroxylation is 1. The highest BCUT2D eigenvalue weighted by Gasteiger charge is 2.25. The van der Waals surface area contributed by atoms with Crippen LogP contribution < -0.4 is 5.32 Å². The number of nitrogens with zero attached hydrogens (tertiary/aromatic N) is 4. The van der Waals surface area contributed by atoms with Crippen LogP contribution in [0.25, 0.3) is 0 Å². The molecule has 1 N–H and O–H groups in total. The first-order chi connectivity index (χ1) is 13.1. The van der Waals surface area contributed by atoms with Gasteiger partial charge < -0.3 is 9.42 Å². The summed E-state index contributed by atoms with van der Waals surface area (Å²) in [6, 6.07) is 1.59. The van der Waals surface area contributed by atoms with E-state index >= 15 is 0 Å². The summed E-state index contributed by atoms with van der Waals surface area (Å²) in [5.41, 5.74) is 1.25. The van der Waals surface area contributed by atoms with Crippen LogP contribution >= 0.6 is 11.3 Å². The van der Waals surface area contributed by atoms with Gasteiger partial charge in [0.05, 0.1) is 12.2 Å². The van der Waals surface area contributed by atoms with Gasteiger partial charge in [0.15, 0.2) is 10.8 Å². The molecule has 8 nitrogen and oxygen atoms in total. The number of nitrogens with one attached hydrogen (secondary N) is 1. The molecule has 0 spiro atoms. The molecule has 4 rings (SSSR count). The molecule has 2 aliphatic rings. The van der Waals surface area contributed by atoms with Crippen LogP contribution in [-0.2, 0) is 17.8 Å². The lowest BCUT2D eigenvalue weighted by atomic mass is 10.1. The van der Waals surface area contributed by atoms with E-state index in [0.29, 0.717) is 24.0 Å². The van der Waals surface area contributed by atoms with E-state index in [4.69, 9.17) is 4.52 Å². The maximum Gasteiger partial charge on any atom is 0.279 e. The number of fused-ring (bicyclic) bond motifs is 1. The van der Waals surface area contributed by atoms with Gasteiger partial charge in [-0.3, -0.25) is 19.8 Å². The molecule has 0 unspecified atom stereocenters. The Morgan fingerprint density at radius 3 is 2.81 bits per heavy atom. The molecule has 0 radical (unpaired) electrons. The minimum absolute atomic E-state index is 0.220. The molecular weight excluding hydrogens is 366 g/mol. The third-order valence-electron chi connectivity index (χ3n) is 4.96. The van der Waals surface area contributed by atoms with Crippen LogP contribution in [0.2, 0.25) is 0 Å². The zero-order valence-electron chi connectivity index (χ0n) is 15.4. The standard InChI is InChI=1S/C18H23N5O3S/c1-12-9-14(21-26-12)17(25)20-18-19-13-5-8-22(10-15(13)27-18)11-16(24)23-6-3-2-4-7-23/h9H,2-8,10-11H2,1H3,(H,19,20,25). The van der Waals surface area contributed by atoms with Crippen LogP contribution in [0.3, 0.4) is 0 Å². The lowest BCUT2D eigenvalue weighted by molar-refractivity contribution is -0.133. The number of thiazole rings is 1. The fourth-order valence-electron chi connectivity index (χ4n) is 3.51. The molecule has 4 heterocycles. The number of amides is 2. The monoisotopic (exact) mass is 389 g/mol. The van der Waals surface area contributed by atoms with E-state index in [2.05, 4.69) is 20.4 Å². The van der Waals surface area contributed by atoms with E-state index in [-0.39, 0.29) is 17.5 Å². The normalized spacial score (nSPS) is 17.6. The number of hydrogen-bond donors (Lipinski definition) is 1. The molecule has 2 aromatic rings. The predicted molar refractivity (Wildman–Crippen MR) is 101 cm³/mol. The molecule has 1 saturated heterocycles. The largest absolute Gasteiger partial charge is 0.361 e. The zero-order chi connectivity index (χ0) is 18.8. The van der Waals surface area contributed by atoms with Crippen molar-refractivity contribution in [2.24, 2.45) is 0 Å². The Morgan fingerprint density at radius 2 is 2.07 bits per heavy atom. The smallest absolute Gasteiger partial charge is 0.279 e. The fourth-order valence-corrected chi connectivity index (χ4v) is 4.55. The molecule has 2 amide bonds. The van der Waals surface area contributed by atoms with Crippen molar-refractivity contribution < 1.29 is 14.1 Å². The number of hydrogen-bond acceptors (Lipinski definition) is 7. The van der Waals surface area contributed by atoms with Gasteiger partial charge in [0.2, 0.25) is 5.91 Å². The van der Waals surface area contributed by atoms with Crippen LogP contribution in [0.15, 0.2) is 10.6 Å². The number of rotatable bonds is 4. The maximum absolute atomic E-state index is 12.5. The van der Waals surface area contributed by atoms with Gasteiger partial charge in [0, 0.05) is 43.5 Å². The summed E-state index contributed by atoms with van der Waals surface area (Å²) in [6.07, 6.45) is 4.23. The number of likely N-dealkylation sites (tertiary alicyclic amines) is 1. The first-order valence-electron chi connectivity index (χ1n) is 9.32. The average molecular weight is 389 g/mol. The molecule has 144 valence electrons. The number of aromatic nitrogens is 2. The zero-order valence-corrected chi connectivity index (χ0v) is 16.2. The SMILES string of the molecule is Cc1cc(C(=O)Nc2nc3c(s2)CN(CC(=O)N2CCCCC2)CC3)no1. The quantitative estimate of drug-likeness (QED) is 0.861. The highest BCUT2D eigenvalue weighted by atomic mass is 32.1. The summed E-state index contributed by atoms with van der Waals surface area (Å²) in [4.78, 5) is 34.5. The van der Waals surface area contributed by atoms with Gasteiger partial charge in [-0.1, -0.05) is 5.16 Å². The summed E-state index contributed by atoms with van der Waals surface area (Å²) in [5.74, 6) is 0.486. The van der Waals surface area contributed by atoms with Crippen molar-refractivity contribution in [2.75, 3.05) is 31.5 Å². The fraction of sp³-hybridized carbons (Fsp3) is 0.556. The number of anilines is 1. The number of carbonyl (C=O) groups excluding carboxylic acids is 2. The van der Waals surface area contributed by atoms with E-state index < -0.39 is 0 Å². The first kappa shape index (κ1) is 18.1. The first-order valence-corrected chi connectivity index (χ1v) is 10.1. The van der Waals surface area contributed by atoms with E-state index in [9.17, 15) is 9.59 Å². The van der Waals surface area contributed by atoms with Crippen LogP contribution in [0, 0.1) is 6.92 Å². The number of piperidine rings is 1. The lowest BCUT2D eigenvalue weighted by Gasteiger charge is -2.31. The van der Waals surface area contributed by atoms with Crippen molar-refractivity contribution in [2.45, 2.75) is 39.2 Å². The van der Waals surface area contributed by atoms with Crippen LogP contribution in [0.1, 0.15) is 46.1 Å². The topological polar surface area (TPSA) is 91.6 Å². The minimum Gasteiger partial charge on any atom is -0.361 e. The van der Waals surface area contributed by atoms with E-state index in [1.54, 1.807) is 13.0 Å². The Hall–Kier alpha value is -2.26. The third-order valence-corrected chi connectivity index (χ3v) is 5.96. The molecule has 0 saturated carbocycles. The second-order valence-corrected chi connectivity index (χ2v) is 8.15. The Morgan fingerprint density at radius 1 is 1.26 bits per heavy atom. The molecule has 0 aromatic carbocycles. The Kier molecular flexibility index (Phi) is 5.22. The van der Waals surface area contributed by atoms with Crippen molar-refractivity contribution in [3.8, 4) is 0 Å². The van der Waals surface area contributed by atoms with Crippen molar-refractivity contribution in [3.05, 3.63) is 28.1 Å². The Bertz CT molecular complexity index is 840. The summed E-state index contributed by atoms with van der Waals surface area (Å²) in [7, 11) is 0. The van der Waals surface area contributed by atoms with Crippen LogP contribution in [0.5, 0.6) is 0 Å². The summed E-state index contributed by atoms with van der Waals surface area (Å²) in [5, 5.41) is 7.08. The molecule has 1 fully saturated rings. The second kappa shape index (κ2) is 7.77. The lowest BCUT2D eigenvalue weighted by Crippen LogP contribution is -2.43. The molecule has 2 aliphatic heterocycles. The van der Waals surface area contributed by atoms with Crippen molar-refractivity contribution in [1.29, 1.82) is 0 Å². The average Bonchev–Trinajstić information content (AvgIpc) is 3.27. The van der Waals surface area contributed by atoms with Crippen LogP contribution in [0.4, 0.5) is 5.13 Å². The predicted octanol–water partition coefficient (Wildman–Crippen LogP) is 2.06. The Balaban J connectivity index is 1.36. The highest BCUT2D eigenvalue weighted by Crippen LogP contribution is 2.28. The molecule has 0 atom stereocenters. The third kappa shape index (κ3) is 4.19. The van der Waals surface area contributed by atoms with Crippen molar-refractivity contribution in [1.82, 2.24) is 19.9 Å². The van der Waals surface area contributed by atoms with Gasteiger partial charge in [-0.2, -0.15) is 0 Å². The van der Waals surface area contributed by atoms with E-state index in [1.165, 1.54) is 17.8 Å². The molecular formula is C18H23N5O3S. The molecule has 0 aliphatic carbocycles.